The molecule has 0 aliphatic carbocycles. The lowest BCUT2D eigenvalue weighted by atomic mass is 10.0. The van der Waals surface area contributed by atoms with Crippen molar-refractivity contribution in [2.45, 2.75) is 12.3 Å². The molecule has 2 aromatic heterocycles. The summed E-state index contributed by atoms with van der Waals surface area (Å²) in [5, 5.41) is 4.49. The van der Waals surface area contributed by atoms with Gasteiger partial charge in [0.25, 0.3) is 0 Å². The molecule has 0 N–H and O–H groups in total. The van der Waals surface area contributed by atoms with Crippen molar-refractivity contribution in [1.29, 1.82) is 0 Å². The van der Waals surface area contributed by atoms with Crippen molar-refractivity contribution < 1.29 is 9.18 Å². The number of halogens is 1. The zero-order valence-corrected chi connectivity index (χ0v) is 15.5. The summed E-state index contributed by atoms with van der Waals surface area (Å²) in [6.45, 7) is 4.81. The van der Waals surface area contributed by atoms with Crippen molar-refractivity contribution in [3.63, 3.8) is 0 Å². The number of nitrogens with zero attached hydrogens (tertiary/aromatic N) is 5. The van der Waals surface area contributed by atoms with Crippen molar-refractivity contribution in [3.8, 4) is 22.6 Å². The number of aryl methyl sites for hydroxylation is 1. The summed E-state index contributed by atoms with van der Waals surface area (Å²) in [5.41, 5.74) is 3.68. The van der Waals surface area contributed by atoms with E-state index in [0.29, 0.717) is 24.5 Å². The van der Waals surface area contributed by atoms with Crippen LogP contribution in [0.4, 0.5) is 4.39 Å². The Bertz CT molecular complexity index is 1030. The zero-order chi connectivity index (χ0) is 19.7. The summed E-state index contributed by atoms with van der Waals surface area (Å²) in [7, 11) is 1.85. The maximum atomic E-state index is 13.3. The summed E-state index contributed by atoms with van der Waals surface area (Å²) in [6.07, 6.45) is 5.70. The van der Waals surface area contributed by atoms with Gasteiger partial charge in [0.05, 0.1) is 17.6 Å². The van der Waals surface area contributed by atoms with E-state index in [0.717, 1.165) is 23.4 Å². The second-order valence-electron chi connectivity index (χ2n) is 6.84. The number of hydrogen-bond acceptors (Lipinski definition) is 4. The highest BCUT2D eigenvalue weighted by Crippen LogP contribution is 2.33. The molecule has 3 heterocycles. The molecule has 1 amide bonds. The van der Waals surface area contributed by atoms with E-state index in [1.165, 1.54) is 18.2 Å². The Hall–Kier alpha value is -3.35. The Kier molecular flexibility index (Phi) is 4.73. The molecule has 3 aromatic rings. The van der Waals surface area contributed by atoms with Gasteiger partial charge in [-0.1, -0.05) is 6.58 Å². The van der Waals surface area contributed by atoms with E-state index < -0.39 is 0 Å². The molecule has 1 saturated heterocycles. The molecule has 0 unspecified atom stereocenters. The monoisotopic (exact) mass is 377 g/mol. The van der Waals surface area contributed by atoms with Crippen LogP contribution in [0.15, 0.2) is 55.4 Å². The largest absolute Gasteiger partial charge is 0.338 e. The Morgan fingerprint density at radius 3 is 2.71 bits per heavy atom. The first-order chi connectivity index (χ1) is 13.5. The van der Waals surface area contributed by atoms with Crippen molar-refractivity contribution in [2.75, 3.05) is 13.1 Å². The normalized spacial score (nSPS) is 16.4. The van der Waals surface area contributed by atoms with Gasteiger partial charge in [0.15, 0.2) is 0 Å². The van der Waals surface area contributed by atoms with Crippen LogP contribution in [0, 0.1) is 5.82 Å². The average Bonchev–Trinajstić information content (AvgIpc) is 3.37. The number of rotatable bonds is 4. The molecule has 142 valence electrons. The minimum Gasteiger partial charge on any atom is -0.338 e. The number of likely N-dealkylation sites (tertiary alicyclic amines) is 1. The first-order valence-corrected chi connectivity index (χ1v) is 9.09. The molecule has 6 nitrogen and oxygen atoms in total. The molecular weight excluding hydrogens is 357 g/mol. The van der Waals surface area contributed by atoms with E-state index in [1.54, 1.807) is 27.9 Å². The van der Waals surface area contributed by atoms with Crippen LogP contribution >= 0.6 is 0 Å². The van der Waals surface area contributed by atoms with E-state index in [1.807, 2.05) is 19.3 Å². The average molecular weight is 377 g/mol. The van der Waals surface area contributed by atoms with Gasteiger partial charge in [0.1, 0.15) is 17.2 Å². The quantitative estimate of drug-likeness (QED) is 0.655. The van der Waals surface area contributed by atoms with Gasteiger partial charge in [-0.25, -0.2) is 9.37 Å². The van der Waals surface area contributed by atoms with Crippen LogP contribution in [-0.2, 0) is 11.8 Å². The highest BCUT2D eigenvalue weighted by atomic mass is 19.1. The fourth-order valence-electron chi connectivity index (χ4n) is 3.50. The van der Waals surface area contributed by atoms with E-state index in [4.69, 9.17) is 9.97 Å². The fraction of sp³-hybridized carbons (Fsp3) is 0.238. The number of benzene rings is 1. The molecule has 0 saturated carbocycles. The molecular formula is C21H20FN5O. The Morgan fingerprint density at radius 2 is 2.04 bits per heavy atom. The van der Waals surface area contributed by atoms with Crippen molar-refractivity contribution >= 4 is 5.91 Å². The third-order valence-corrected chi connectivity index (χ3v) is 4.96. The van der Waals surface area contributed by atoms with Crippen LogP contribution in [0.5, 0.6) is 0 Å². The van der Waals surface area contributed by atoms with E-state index >= 15 is 0 Å². The highest BCUT2D eigenvalue weighted by molar-refractivity contribution is 5.87. The second-order valence-corrected chi connectivity index (χ2v) is 6.84. The van der Waals surface area contributed by atoms with Gasteiger partial charge in [0.2, 0.25) is 5.91 Å². The predicted octanol–water partition coefficient (Wildman–Crippen LogP) is 3.19. The van der Waals surface area contributed by atoms with Gasteiger partial charge >= 0.3 is 0 Å². The minimum atomic E-state index is -0.295. The van der Waals surface area contributed by atoms with Crippen LogP contribution in [0.2, 0.25) is 0 Å². The standard InChI is InChI=1S/C21H20FN5O/c1-3-19(28)27-11-8-15(13-27)20-21(17-9-10-26(2)25-17)24-18(12-23-20)14-4-6-16(22)7-5-14/h3-7,9-10,12,15H,1,8,11,13H2,2H3/t15-/m0/s1. The lowest BCUT2D eigenvalue weighted by Gasteiger charge is -2.16. The van der Waals surface area contributed by atoms with E-state index in [-0.39, 0.29) is 17.6 Å². The van der Waals surface area contributed by atoms with Crippen molar-refractivity contribution in [1.82, 2.24) is 24.6 Å². The van der Waals surface area contributed by atoms with Crippen LogP contribution in [0.3, 0.4) is 0 Å². The molecule has 0 spiro atoms. The molecule has 1 aromatic carbocycles. The molecule has 0 radical (unpaired) electrons. The molecule has 1 fully saturated rings. The highest BCUT2D eigenvalue weighted by Gasteiger charge is 2.30. The summed E-state index contributed by atoms with van der Waals surface area (Å²) < 4.78 is 15.0. The number of aromatic nitrogens is 4. The lowest BCUT2D eigenvalue weighted by molar-refractivity contribution is -0.125. The van der Waals surface area contributed by atoms with Gasteiger partial charge in [-0.15, -0.1) is 0 Å². The van der Waals surface area contributed by atoms with E-state index in [9.17, 15) is 9.18 Å². The molecule has 1 aliphatic rings. The first kappa shape index (κ1) is 18.0. The Morgan fingerprint density at radius 1 is 1.25 bits per heavy atom. The van der Waals surface area contributed by atoms with Gasteiger partial charge in [-0.05, 0) is 42.8 Å². The lowest BCUT2D eigenvalue weighted by Crippen LogP contribution is -2.26. The number of amides is 1. The second kappa shape index (κ2) is 7.34. The Labute approximate surface area is 162 Å². The topological polar surface area (TPSA) is 63.9 Å². The minimum absolute atomic E-state index is 0.0715. The van der Waals surface area contributed by atoms with Gasteiger partial charge in [-0.2, -0.15) is 5.10 Å². The van der Waals surface area contributed by atoms with Crippen LogP contribution in [0.25, 0.3) is 22.6 Å². The van der Waals surface area contributed by atoms with E-state index in [2.05, 4.69) is 11.7 Å². The summed E-state index contributed by atoms with van der Waals surface area (Å²) >= 11 is 0. The number of carbonyl (C=O) groups is 1. The molecule has 4 rings (SSSR count). The predicted molar refractivity (Wildman–Crippen MR) is 104 cm³/mol. The zero-order valence-electron chi connectivity index (χ0n) is 15.5. The molecule has 1 atom stereocenters. The first-order valence-electron chi connectivity index (χ1n) is 9.09. The molecule has 28 heavy (non-hydrogen) atoms. The maximum Gasteiger partial charge on any atom is 0.245 e. The maximum absolute atomic E-state index is 13.3. The SMILES string of the molecule is C=CC(=O)N1CC[C@H](c2ncc(-c3ccc(F)cc3)nc2-c2ccn(C)n2)C1. The molecule has 1 aliphatic heterocycles. The smallest absolute Gasteiger partial charge is 0.245 e. The van der Waals surface area contributed by atoms with Crippen molar-refractivity contribution in [2.24, 2.45) is 7.05 Å². The van der Waals surface area contributed by atoms with Gasteiger partial charge in [0, 0.05) is 37.8 Å². The number of carbonyl (C=O) groups excluding carboxylic acids is 1. The molecule has 0 bridgehead atoms. The third-order valence-electron chi connectivity index (χ3n) is 4.96. The van der Waals surface area contributed by atoms with Crippen LogP contribution in [0.1, 0.15) is 18.0 Å². The summed E-state index contributed by atoms with van der Waals surface area (Å²) in [6, 6.07) is 8.06. The third kappa shape index (κ3) is 3.43. The molecule has 7 heteroatoms. The van der Waals surface area contributed by atoms with Gasteiger partial charge in [-0.3, -0.25) is 14.5 Å². The van der Waals surface area contributed by atoms with Crippen LogP contribution in [-0.4, -0.2) is 43.6 Å². The summed E-state index contributed by atoms with van der Waals surface area (Å²) in [4.78, 5) is 23.2. The van der Waals surface area contributed by atoms with Crippen molar-refractivity contribution in [3.05, 3.63) is 66.9 Å². The van der Waals surface area contributed by atoms with Gasteiger partial charge < -0.3 is 4.90 Å². The fourth-order valence-corrected chi connectivity index (χ4v) is 3.50. The Balaban J connectivity index is 1.75. The number of hydrogen-bond donors (Lipinski definition) is 0. The summed E-state index contributed by atoms with van der Waals surface area (Å²) in [5.74, 6) is -0.287. The van der Waals surface area contributed by atoms with Crippen LogP contribution < -0.4 is 0 Å².